The number of carbonyl (C=O) groups is 1. The van der Waals surface area contributed by atoms with Crippen LogP contribution in [-0.4, -0.2) is 37.4 Å². The summed E-state index contributed by atoms with van der Waals surface area (Å²) in [4.78, 5) is 11.1. The summed E-state index contributed by atoms with van der Waals surface area (Å²) in [6, 6.07) is 0.284. The molecule has 0 radical (unpaired) electrons. The van der Waals surface area contributed by atoms with Gasteiger partial charge in [0.05, 0.1) is 13.0 Å². The highest BCUT2D eigenvalue weighted by molar-refractivity contribution is 5.72. The van der Waals surface area contributed by atoms with Gasteiger partial charge in [-0.3, -0.25) is 4.79 Å². The van der Waals surface area contributed by atoms with Crippen molar-refractivity contribution in [2.45, 2.75) is 32.7 Å². The van der Waals surface area contributed by atoms with Gasteiger partial charge in [0.25, 0.3) is 0 Å². The number of nitrogens with one attached hydrogen (secondary N) is 1. The van der Waals surface area contributed by atoms with Crippen molar-refractivity contribution in [3.63, 3.8) is 0 Å². The van der Waals surface area contributed by atoms with E-state index in [9.17, 15) is 4.79 Å². The Labute approximate surface area is 85.6 Å². The second-order valence-electron chi connectivity index (χ2n) is 3.45. The third-order valence-electron chi connectivity index (χ3n) is 2.29. The molecule has 0 fully saturated rings. The zero-order valence-corrected chi connectivity index (χ0v) is 9.25. The molecule has 84 valence electrons. The number of aliphatic hydroxyl groups excluding tert-OH is 1. The van der Waals surface area contributed by atoms with Crippen molar-refractivity contribution in [2.75, 3.05) is 20.3 Å². The van der Waals surface area contributed by atoms with E-state index in [1.807, 2.05) is 6.92 Å². The first-order valence-electron chi connectivity index (χ1n) is 5.07. The summed E-state index contributed by atoms with van der Waals surface area (Å²) in [5, 5.41) is 12.0. The van der Waals surface area contributed by atoms with Crippen molar-refractivity contribution in [3.8, 4) is 0 Å². The molecule has 0 aliphatic heterocycles. The Hall–Kier alpha value is -0.610. The molecule has 0 rings (SSSR count). The molecule has 0 aromatic rings. The number of aliphatic hydroxyl groups is 1. The largest absolute Gasteiger partial charge is 0.469 e. The Balaban J connectivity index is 3.72. The average Bonchev–Trinajstić information content (AvgIpc) is 2.22. The van der Waals surface area contributed by atoms with Gasteiger partial charge >= 0.3 is 5.97 Å². The Morgan fingerprint density at radius 3 is 2.64 bits per heavy atom. The van der Waals surface area contributed by atoms with Gasteiger partial charge in [0, 0.05) is 19.2 Å². The van der Waals surface area contributed by atoms with Gasteiger partial charge in [-0.1, -0.05) is 13.8 Å². The monoisotopic (exact) mass is 203 g/mol. The van der Waals surface area contributed by atoms with Gasteiger partial charge in [0.2, 0.25) is 0 Å². The van der Waals surface area contributed by atoms with Gasteiger partial charge in [0.15, 0.2) is 0 Å². The van der Waals surface area contributed by atoms with E-state index in [0.29, 0.717) is 6.54 Å². The zero-order chi connectivity index (χ0) is 11.0. The third kappa shape index (κ3) is 5.19. The fraction of sp³-hybridized carbons (Fsp3) is 0.900. The van der Waals surface area contributed by atoms with Crippen molar-refractivity contribution < 1.29 is 14.6 Å². The SMILES string of the molecule is CCC(CCO)NCC(C)C(=O)OC. The number of hydrogen-bond donors (Lipinski definition) is 2. The Kier molecular flexibility index (Phi) is 7.42. The lowest BCUT2D eigenvalue weighted by atomic mass is 10.1. The first-order chi connectivity index (χ1) is 6.65. The summed E-state index contributed by atoms with van der Waals surface area (Å²) >= 11 is 0. The molecule has 2 atom stereocenters. The zero-order valence-electron chi connectivity index (χ0n) is 9.25. The molecule has 0 saturated heterocycles. The molecule has 0 saturated carbocycles. The molecule has 4 heteroatoms. The van der Waals surface area contributed by atoms with Gasteiger partial charge in [-0.15, -0.1) is 0 Å². The van der Waals surface area contributed by atoms with Crippen LogP contribution in [0.1, 0.15) is 26.7 Å². The Morgan fingerprint density at radius 2 is 2.21 bits per heavy atom. The van der Waals surface area contributed by atoms with Crippen molar-refractivity contribution in [2.24, 2.45) is 5.92 Å². The molecule has 0 amide bonds. The molecular weight excluding hydrogens is 182 g/mol. The quantitative estimate of drug-likeness (QED) is 0.593. The fourth-order valence-corrected chi connectivity index (χ4v) is 1.23. The van der Waals surface area contributed by atoms with Crippen LogP contribution in [0.4, 0.5) is 0 Å². The molecule has 2 N–H and O–H groups in total. The van der Waals surface area contributed by atoms with Crippen molar-refractivity contribution in [3.05, 3.63) is 0 Å². The van der Waals surface area contributed by atoms with Crippen LogP contribution >= 0.6 is 0 Å². The van der Waals surface area contributed by atoms with Crippen molar-refractivity contribution >= 4 is 5.97 Å². The topological polar surface area (TPSA) is 58.6 Å². The maximum absolute atomic E-state index is 11.1. The highest BCUT2D eigenvalue weighted by Crippen LogP contribution is 2.00. The number of esters is 1. The molecule has 0 aliphatic rings. The van der Waals surface area contributed by atoms with E-state index in [1.54, 1.807) is 0 Å². The molecule has 0 bridgehead atoms. The Morgan fingerprint density at radius 1 is 1.57 bits per heavy atom. The lowest BCUT2D eigenvalue weighted by molar-refractivity contribution is -0.144. The van der Waals surface area contributed by atoms with E-state index in [1.165, 1.54) is 7.11 Å². The van der Waals surface area contributed by atoms with Crippen LogP contribution in [0.25, 0.3) is 0 Å². The maximum atomic E-state index is 11.1. The first-order valence-corrected chi connectivity index (χ1v) is 5.07. The predicted molar refractivity (Wildman–Crippen MR) is 55.0 cm³/mol. The second-order valence-corrected chi connectivity index (χ2v) is 3.45. The minimum atomic E-state index is -0.198. The summed E-state index contributed by atoms with van der Waals surface area (Å²) in [5.41, 5.74) is 0. The van der Waals surface area contributed by atoms with Crippen LogP contribution < -0.4 is 5.32 Å². The molecule has 2 unspecified atom stereocenters. The van der Waals surface area contributed by atoms with Crippen molar-refractivity contribution in [1.82, 2.24) is 5.32 Å². The van der Waals surface area contributed by atoms with Crippen molar-refractivity contribution in [1.29, 1.82) is 0 Å². The number of carbonyl (C=O) groups excluding carboxylic acids is 1. The molecule has 0 spiro atoms. The van der Waals surface area contributed by atoms with Crippen LogP contribution in [0, 0.1) is 5.92 Å². The van der Waals surface area contributed by atoms with Gasteiger partial charge in [-0.25, -0.2) is 0 Å². The van der Waals surface area contributed by atoms with Crippen LogP contribution in [0.5, 0.6) is 0 Å². The standard InChI is InChI=1S/C10H21NO3/c1-4-9(5-6-12)11-7-8(2)10(13)14-3/h8-9,11-12H,4-7H2,1-3H3. The minimum Gasteiger partial charge on any atom is -0.469 e. The van der Waals surface area contributed by atoms with E-state index in [4.69, 9.17) is 5.11 Å². The molecule has 14 heavy (non-hydrogen) atoms. The highest BCUT2D eigenvalue weighted by atomic mass is 16.5. The lowest BCUT2D eigenvalue weighted by Gasteiger charge is -2.17. The molecule has 0 aromatic heterocycles. The molecule has 0 aromatic carbocycles. The highest BCUT2D eigenvalue weighted by Gasteiger charge is 2.14. The lowest BCUT2D eigenvalue weighted by Crippen LogP contribution is -2.35. The van der Waals surface area contributed by atoms with E-state index in [-0.39, 0.29) is 24.5 Å². The van der Waals surface area contributed by atoms with E-state index >= 15 is 0 Å². The average molecular weight is 203 g/mol. The number of rotatable bonds is 7. The van der Waals surface area contributed by atoms with Gasteiger partial charge in [-0.05, 0) is 12.8 Å². The van der Waals surface area contributed by atoms with Gasteiger partial charge in [-0.2, -0.15) is 0 Å². The van der Waals surface area contributed by atoms with Crippen LogP contribution in [0.3, 0.4) is 0 Å². The van der Waals surface area contributed by atoms with Crippen LogP contribution in [0.15, 0.2) is 0 Å². The molecular formula is C10H21NO3. The summed E-state index contributed by atoms with van der Waals surface area (Å²) < 4.78 is 4.61. The van der Waals surface area contributed by atoms with E-state index in [2.05, 4.69) is 17.0 Å². The van der Waals surface area contributed by atoms with E-state index in [0.717, 1.165) is 12.8 Å². The maximum Gasteiger partial charge on any atom is 0.309 e. The van der Waals surface area contributed by atoms with Crippen LogP contribution in [-0.2, 0) is 9.53 Å². The number of ether oxygens (including phenoxy) is 1. The Bertz CT molecular complexity index is 161. The minimum absolute atomic E-state index is 0.132. The second kappa shape index (κ2) is 7.76. The predicted octanol–water partition coefficient (Wildman–Crippen LogP) is 0.546. The normalized spacial score (nSPS) is 14.9. The summed E-state index contributed by atoms with van der Waals surface area (Å²) in [6.45, 7) is 4.66. The van der Waals surface area contributed by atoms with E-state index < -0.39 is 0 Å². The molecule has 0 heterocycles. The van der Waals surface area contributed by atoms with Gasteiger partial charge in [0.1, 0.15) is 0 Å². The number of methoxy groups -OCH3 is 1. The summed E-state index contributed by atoms with van der Waals surface area (Å²) in [6.07, 6.45) is 1.68. The summed E-state index contributed by atoms with van der Waals surface area (Å²) in [5.74, 6) is -0.330. The smallest absolute Gasteiger partial charge is 0.309 e. The third-order valence-corrected chi connectivity index (χ3v) is 2.29. The first kappa shape index (κ1) is 13.4. The van der Waals surface area contributed by atoms with Crippen LogP contribution in [0.2, 0.25) is 0 Å². The number of hydrogen-bond acceptors (Lipinski definition) is 4. The molecule has 0 aliphatic carbocycles. The van der Waals surface area contributed by atoms with Gasteiger partial charge < -0.3 is 15.2 Å². The summed E-state index contributed by atoms with van der Waals surface area (Å²) in [7, 11) is 1.39. The molecule has 4 nitrogen and oxygen atoms in total. The fourth-order valence-electron chi connectivity index (χ4n) is 1.23.